The Morgan fingerprint density at radius 3 is 1.97 bits per heavy atom. The SMILES string of the molecule is COC(=O)[C@H](CCCCCNC(=O)c1cccc(O)c1O)NC(=O)c1cccc(O)c1O. The third kappa shape index (κ3) is 6.27. The van der Waals surface area contributed by atoms with Crippen LogP contribution in [0.5, 0.6) is 23.0 Å². The molecule has 0 fully saturated rings. The van der Waals surface area contributed by atoms with Crippen LogP contribution in [0.25, 0.3) is 0 Å². The smallest absolute Gasteiger partial charge is 0.328 e. The normalized spacial score (nSPS) is 11.4. The lowest BCUT2D eigenvalue weighted by Crippen LogP contribution is -2.41. The van der Waals surface area contributed by atoms with Crippen molar-refractivity contribution in [2.24, 2.45) is 0 Å². The van der Waals surface area contributed by atoms with Crippen LogP contribution >= 0.6 is 0 Å². The lowest BCUT2D eigenvalue weighted by molar-refractivity contribution is -0.143. The number of carbonyl (C=O) groups excluding carboxylic acids is 3. The number of amides is 2. The fourth-order valence-corrected chi connectivity index (χ4v) is 3.00. The minimum atomic E-state index is -0.951. The third-order valence-corrected chi connectivity index (χ3v) is 4.76. The number of phenolic OH excluding ortho intramolecular Hbond substituents is 4. The number of benzene rings is 2. The van der Waals surface area contributed by atoms with Gasteiger partial charge in [0.25, 0.3) is 11.8 Å². The van der Waals surface area contributed by atoms with Crippen LogP contribution in [0, 0.1) is 0 Å². The third-order valence-electron chi connectivity index (χ3n) is 4.76. The van der Waals surface area contributed by atoms with E-state index in [0.717, 1.165) is 0 Å². The molecule has 172 valence electrons. The molecule has 0 unspecified atom stereocenters. The molecule has 2 rings (SSSR count). The standard InChI is InChI=1S/C22H26N2O8/c1-32-22(31)15(24-21(30)14-8-6-11-17(26)19(14)28)9-3-2-4-12-23-20(29)13-7-5-10-16(25)18(13)27/h5-8,10-11,15,25-28H,2-4,9,12H2,1H3,(H,23,29)(H,24,30)/t15-/m0/s1. The van der Waals surface area contributed by atoms with Gasteiger partial charge in [-0.25, -0.2) is 4.79 Å². The summed E-state index contributed by atoms with van der Waals surface area (Å²) in [6, 6.07) is 7.08. The fourth-order valence-electron chi connectivity index (χ4n) is 3.00. The minimum Gasteiger partial charge on any atom is -0.504 e. The summed E-state index contributed by atoms with van der Waals surface area (Å²) < 4.78 is 4.72. The van der Waals surface area contributed by atoms with E-state index in [2.05, 4.69) is 10.6 Å². The van der Waals surface area contributed by atoms with Gasteiger partial charge in [-0.05, 0) is 37.1 Å². The maximum atomic E-state index is 12.4. The molecule has 0 heterocycles. The average molecular weight is 446 g/mol. The number of phenols is 4. The summed E-state index contributed by atoms with van der Waals surface area (Å²) in [5, 5.41) is 43.6. The van der Waals surface area contributed by atoms with Gasteiger partial charge in [0.1, 0.15) is 6.04 Å². The zero-order chi connectivity index (χ0) is 23.7. The van der Waals surface area contributed by atoms with Crippen molar-refractivity contribution in [1.82, 2.24) is 10.6 Å². The molecule has 0 radical (unpaired) electrons. The Morgan fingerprint density at radius 2 is 1.41 bits per heavy atom. The number of nitrogens with one attached hydrogen (secondary N) is 2. The molecule has 2 aromatic rings. The van der Waals surface area contributed by atoms with Crippen LogP contribution in [0.4, 0.5) is 0 Å². The molecule has 0 aliphatic rings. The lowest BCUT2D eigenvalue weighted by atomic mass is 10.1. The Kier molecular flexibility index (Phi) is 8.70. The molecular weight excluding hydrogens is 420 g/mol. The first-order valence-corrected chi connectivity index (χ1v) is 9.95. The zero-order valence-corrected chi connectivity index (χ0v) is 17.5. The topological polar surface area (TPSA) is 165 Å². The number of methoxy groups -OCH3 is 1. The number of esters is 1. The van der Waals surface area contributed by atoms with E-state index in [1.807, 2.05) is 0 Å². The molecule has 10 heteroatoms. The van der Waals surface area contributed by atoms with Crippen molar-refractivity contribution in [2.45, 2.75) is 31.7 Å². The molecule has 0 spiro atoms. The minimum absolute atomic E-state index is 0.0336. The second-order valence-electron chi connectivity index (χ2n) is 7.00. The Hall–Kier alpha value is -3.95. The number of unbranched alkanes of at least 4 members (excludes halogenated alkanes) is 2. The van der Waals surface area contributed by atoms with Crippen molar-refractivity contribution in [3.63, 3.8) is 0 Å². The molecule has 32 heavy (non-hydrogen) atoms. The van der Waals surface area contributed by atoms with Crippen LogP contribution in [0.1, 0.15) is 46.4 Å². The van der Waals surface area contributed by atoms with E-state index in [-0.39, 0.29) is 23.3 Å². The van der Waals surface area contributed by atoms with Crippen molar-refractivity contribution in [3.8, 4) is 23.0 Å². The van der Waals surface area contributed by atoms with Crippen molar-refractivity contribution in [2.75, 3.05) is 13.7 Å². The van der Waals surface area contributed by atoms with E-state index in [1.54, 1.807) is 0 Å². The number of hydrogen-bond donors (Lipinski definition) is 6. The Bertz CT molecular complexity index is 976. The Balaban J connectivity index is 1.81. The van der Waals surface area contributed by atoms with E-state index in [4.69, 9.17) is 4.74 Å². The highest BCUT2D eigenvalue weighted by molar-refractivity contribution is 5.99. The van der Waals surface area contributed by atoms with Gasteiger partial charge in [-0.15, -0.1) is 0 Å². The Labute approximate surface area is 184 Å². The summed E-state index contributed by atoms with van der Waals surface area (Å²) >= 11 is 0. The molecule has 0 bridgehead atoms. The number of aromatic hydroxyl groups is 4. The molecule has 0 aliphatic carbocycles. The van der Waals surface area contributed by atoms with Gasteiger partial charge in [0.05, 0.1) is 18.2 Å². The summed E-state index contributed by atoms with van der Waals surface area (Å²) in [6.07, 6.45) is 1.98. The van der Waals surface area contributed by atoms with E-state index >= 15 is 0 Å². The molecule has 2 aromatic carbocycles. The quantitative estimate of drug-likeness (QED) is 0.182. The molecule has 0 saturated carbocycles. The maximum absolute atomic E-state index is 12.4. The number of carbonyl (C=O) groups is 3. The van der Waals surface area contributed by atoms with Gasteiger partial charge in [-0.1, -0.05) is 25.0 Å². The van der Waals surface area contributed by atoms with Crippen molar-refractivity contribution in [3.05, 3.63) is 47.5 Å². The monoisotopic (exact) mass is 446 g/mol. The summed E-state index contributed by atoms with van der Waals surface area (Å²) in [5.41, 5.74) is -0.203. The van der Waals surface area contributed by atoms with Crippen LogP contribution < -0.4 is 10.6 Å². The number of rotatable bonds is 10. The second-order valence-corrected chi connectivity index (χ2v) is 7.00. The van der Waals surface area contributed by atoms with Crippen LogP contribution in [0.15, 0.2) is 36.4 Å². The maximum Gasteiger partial charge on any atom is 0.328 e. The molecule has 0 aliphatic heterocycles. The Morgan fingerprint density at radius 1 is 0.844 bits per heavy atom. The highest BCUT2D eigenvalue weighted by Crippen LogP contribution is 2.29. The second kappa shape index (κ2) is 11.4. The molecule has 0 aromatic heterocycles. The molecule has 10 nitrogen and oxygen atoms in total. The largest absolute Gasteiger partial charge is 0.504 e. The first kappa shape index (κ1) is 24.3. The van der Waals surface area contributed by atoms with Gasteiger partial charge in [0.15, 0.2) is 23.0 Å². The molecular formula is C22H26N2O8. The van der Waals surface area contributed by atoms with Gasteiger partial charge in [-0.2, -0.15) is 0 Å². The molecule has 6 N–H and O–H groups in total. The van der Waals surface area contributed by atoms with Crippen molar-refractivity contribution < 1.29 is 39.5 Å². The van der Waals surface area contributed by atoms with Crippen LogP contribution in [0.2, 0.25) is 0 Å². The van der Waals surface area contributed by atoms with E-state index in [0.29, 0.717) is 25.8 Å². The number of hydrogen-bond acceptors (Lipinski definition) is 8. The van der Waals surface area contributed by atoms with Gasteiger partial charge in [0.2, 0.25) is 0 Å². The van der Waals surface area contributed by atoms with E-state index in [1.165, 1.54) is 43.5 Å². The predicted molar refractivity (Wildman–Crippen MR) is 114 cm³/mol. The average Bonchev–Trinajstić information content (AvgIpc) is 2.78. The zero-order valence-electron chi connectivity index (χ0n) is 17.5. The van der Waals surface area contributed by atoms with Crippen LogP contribution in [-0.2, 0) is 9.53 Å². The summed E-state index contributed by atoms with van der Waals surface area (Å²) in [4.78, 5) is 36.4. The van der Waals surface area contributed by atoms with Crippen LogP contribution in [-0.4, -0.2) is 57.9 Å². The molecule has 1 atom stereocenters. The number of para-hydroxylation sites is 2. The molecule has 2 amide bonds. The highest BCUT2D eigenvalue weighted by atomic mass is 16.5. The van der Waals surface area contributed by atoms with Gasteiger partial charge in [-0.3, -0.25) is 9.59 Å². The number of ether oxygens (including phenoxy) is 1. The highest BCUT2D eigenvalue weighted by Gasteiger charge is 2.23. The van der Waals surface area contributed by atoms with E-state index in [9.17, 15) is 34.8 Å². The summed E-state index contributed by atoms with van der Waals surface area (Å²) in [6.45, 7) is 0.306. The van der Waals surface area contributed by atoms with E-state index < -0.39 is 41.1 Å². The first-order chi connectivity index (χ1) is 15.3. The predicted octanol–water partition coefficient (Wildman–Crippen LogP) is 1.77. The van der Waals surface area contributed by atoms with Gasteiger partial charge in [0, 0.05) is 6.54 Å². The van der Waals surface area contributed by atoms with Gasteiger partial charge < -0.3 is 35.8 Å². The first-order valence-electron chi connectivity index (χ1n) is 9.95. The summed E-state index contributed by atoms with van der Waals surface area (Å²) in [5.74, 6) is -3.80. The lowest BCUT2D eigenvalue weighted by Gasteiger charge is -2.17. The van der Waals surface area contributed by atoms with Crippen LogP contribution in [0.3, 0.4) is 0 Å². The fraction of sp³-hybridized carbons (Fsp3) is 0.318. The van der Waals surface area contributed by atoms with Crippen molar-refractivity contribution >= 4 is 17.8 Å². The summed E-state index contributed by atoms with van der Waals surface area (Å²) in [7, 11) is 1.19. The van der Waals surface area contributed by atoms with Gasteiger partial charge >= 0.3 is 5.97 Å². The molecule has 0 saturated heterocycles. The van der Waals surface area contributed by atoms with Crippen molar-refractivity contribution in [1.29, 1.82) is 0 Å².